The van der Waals surface area contributed by atoms with Gasteiger partial charge in [0.05, 0.1) is 0 Å². The Labute approximate surface area is 120 Å². The van der Waals surface area contributed by atoms with Crippen molar-refractivity contribution in [2.75, 3.05) is 0 Å². The largest absolute Gasteiger partial charge is 0.477 e. The Morgan fingerprint density at radius 2 is 2.11 bits per heavy atom. The van der Waals surface area contributed by atoms with Crippen LogP contribution in [0.25, 0.3) is 0 Å². The van der Waals surface area contributed by atoms with E-state index >= 15 is 0 Å². The monoisotopic (exact) mass is 345 g/mol. The number of hydrogen-bond donors (Lipinski definition) is 1. The molecule has 0 aliphatic heterocycles. The highest BCUT2D eigenvalue weighted by atomic mass is 79.9. The molecule has 0 radical (unpaired) electrons. The highest BCUT2D eigenvalue weighted by molar-refractivity contribution is 9.10. The number of carboxylic acid groups (broad SMARTS) is 1. The zero-order chi connectivity index (χ0) is 14.0. The second-order valence-corrected chi connectivity index (χ2v) is 4.77. The van der Waals surface area contributed by atoms with Gasteiger partial charge in [-0.15, -0.1) is 0 Å². The molecule has 0 saturated carbocycles. The average molecular weight is 347 g/mol. The number of nitrogens with zero attached hydrogens (tertiary/aromatic N) is 1. The van der Waals surface area contributed by atoms with Gasteiger partial charge in [0.25, 0.3) is 0 Å². The third kappa shape index (κ3) is 3.21. The van der Waals surface area contributed by atoms with Crippen molar-refractivity contribution in [2.45, 2.75) is 0 Å². The van der Waals surface area contributed by atoms with E-state index in [-0.39, 0.29) is 22.3 Å². The van der Waals surface area contributed by atoms with Crippen LogP contribution in [0.15, 0.2) is 34.8 Å². The van der Waals surface area contributed by atoms with E-state index in [1.165, 1.54) is 30.3 Å². The van der Waals surface area contributed by atoms with Gasteiger partial charge >= 0.3 is 5.97 Å². The fourth-order valence-electron chi connectivity index (χ4n) is 1.32. The normalized spacial score (nSPS) is 10.3. The lowest BCUT2D eigenvalue weighted by molar-refractivity contribution is 0.0693. The minimum absolute atomic E-state index is 0.0513. The summed E-state index contributed by atoms with van der Waals surface area (Å²) in [5.41, 5.74) is -0.205. The van der Waals surface area contributed by atoms with Crippen molar-refractivity contribution in [3.8, 4) is 11.6 Å². The maximum atomic E-state index is 13.5. The predicted octanol–water partition coefficient (Wildman–Crippen LogP) is 4.13. The Hall–Kier alpha value is -1.66. The molecule has 0 bridgehead atoms. The molecule has 0 saturated heterocycles. The summed E-state index contributed by atoms with van der Waals surface area (Å²) in [7, 11) is 0. The molecule has 1 N–H and O–H groups in total. The molecule has 2 rings (SSSR count). The second kappa shape index (κ2) is 5.54. The van der Waals surface area contributed by atoms with Crippen LogP contribution >= 0.6 is 27.5 Å². The first-order valence-corrected chi connectivity index (χ1v) is 6.17. The predicted molar refractivity (Wildman–Crippen MR) is 70.4 cm³/mol. The first-order valence-electron chi connectivity index (χ1n) is 5.00. The molecule has 1 aromatic heterocycles. The van der Waals surface area contributed by atoms with E-state index in [9.17, 15) is 9.18 Å². The van der Waals surface area contributed by atoms with Crippen molar-refractivity contribution in [3.05, 3.63) is 51.3 Å². The van der Waals surface area contributed by atoms with E-state index in [1.807, 2.05) is 0 Å². The van der Waals surface area contributed by atoms with Crippen molar-refractivity contribution in [1.29, 1.82) is 0 Å². The maximum absolute atomic E-state index is 13.5. The first kappa shape index (κ1) is 13.8. The Balaban J connectivity index is 2.45. The Morgan fingerprint density at radius 3 is 2.79 bits per heavy atom. The third-order valence-corrected chi connectivity index (χ3v) is 2.86. The van der Waals surface area contributed by atoms with Gasteiger partial charge in [0.1, 0.15) is 10.7 Å². The van der Waals surface area contributed by atoms with E-state index in [0.29, 0.717) is 4.47 Å². The summed E-state index contributed by atoms with van der Waals surface area (Å²) >= 11 is 8.83. The smallest absolute Gasteiger partial charge is 0.341 e. The summed E-state index contributed by atoms with van der Waals surface area (Å²) in [5, 5.41) is 9.04. The van der Waals surface area contributed by atoms with Crippen LogP contribution in [-0.4, -0.2) is 16.1 Å². The van der Waals surface area contributed by atoms with Gasteiger partial charge in [0.15, 0.2) is 11.6 Å². The summed E-state index contributed by atoms with van der Waals surface area (Å²) in [6.45, 7) is 0. The number of hydrogen-bond acceptors (Lipinski definition) is 3. The van der Waals surface area contributed by atoms with E-state index in [4.69, 9.17) is 21.4 Å². The van der Waals surface area contributed by atoms with E-state index in [0.717, 1.165) is 0 Å². The summed E-state index contributed by atoms with van der Waals surface area (Å²) in [5.74, 6) is -2.29. The van der Waals surface area contributed by atoms with Gasteiger partial charge in [-0.3, -0.25) is 0 Å². The molecule has 7 heteroatoms. The van der Waals surface area contributed by atoms with E-state index in [1.54, 1.807) is 0 Å². The Morgan fingerprint density at radius 1 is 1.37 bits per heavy atom. The van der Waals surface area contributed by atoms with Crippen LogP contribution in [0.4, 0.5) is 4.39 Å². The summed E-state index contributed by atoms with van der Waals surface area (Å²) < 4.78 is 19.3. The topological polar surface area (TPSA) is 59.4 Å². The molecule has 1 heterocycles. The van der Waals surface area contributed by atoms with Crippen LogP contribution in [0.3, 0.4) is 0 Å². The Bertz CT molecular complexity index is 651. The van der Waals surface area contributed by atoms with Gasteiger partial charge in [-0.1, -0.05) is 27.5 Å². The molecule has 0 atom stereocenters. The Kier molecular flexibility index (Phi) is 4.01. The van der Waals surface area contributed by atoms with Gasteiger partial charge in [-0.05, 0) is 30.3 Å². The number of ether oxygens (including phenoxy) is 1. The van der Waals surface area contributed by atoms with Gasteiger partial charge < -0.3 is 9.84 Å². The third-order valence-electron chi connectivity index (χ3n) is 2.16. The molecule has 0 spiro atoms. The van der Waals surface area contributed by atoms with Crippen molar-refractivity contribution < 1.29 is 19.0 Å². The standard InChI is InChI=1S/C12H6BrClFNO3/c13-6-1-3-8(15)9(5-6)19-11-7(12(17)18)2-4-10(14)16-11/h1-5H,(H,17,18). The molecular weight excluding hydrogens is 340 g/mol. The molecule has 0 fully saturated rings. The van der Waals surface area contributed by atoms with Crippen molar-refractivity contribution in [3.63, 3.8) is 0 Å². The quantitative estimate of drug-likeness (QED) is 0.849. The summed E-state index contributed by atoms with van der Waals surface area (Å²) in [6, 6.07) is 6.59. The number of benzene rings is 1. The highest BCUT2D eigenvalue weighted by Gasteiger charge is 2.16. The van der Waals surface area contributed by atoms with E-state index < -0.39 is 11.8 Å². The van der Waals surface area contributed by atoms with Crippen LogP contribution < -0.4 is 4.74 Å². The van der Waals surface area contributed by atoms with Crippen LogP contribution in [0.5, 0.6) is 11.6 Å². The minimum atomic E-state index is -1.24. The number of aromatic carboxylic acids is 1. The number of carbonyl (C=O) groups is 1. The second-order valence-electron chi connectivity index (χ2n) is 3.47. The van der Waals surface area contributed by atoms with Crippen molar-refractivity contribution >= 4 is 33.5 Å². The van der Waals surface area contributed by atoms with E-state index in [2.05, 4.69) is 20.9 Å². The van der Waals surface area contributed by atoms with Gasteiger partial charge in [0.2, 0.25) is 5.88 Å². The van der Waals surface area contributed by atoms with Crippen LogP contribution in [0.1, 0.15) is 10.4 Å². The fourth-order valence-corrected chi connectivity index (χ4v) is 1.80. The molecule has 0 unspecified atom stereocenters. The fraction of sp³-hybridized carbons (Fsp3) is 0. The molecule has 98 valence electrons. The molecule has 19 heavy (non-hydrogen) atoms. The van der Waals surface area contributed by atoms with Gasteiger partial charge in [-0.25, -0.2) is 14.2 Å². The SMILES string of the molecule is O=C(O)c1ccc(Cl)nc1Oc1cc(Br)ccc1F. The first-order chi connectivity index (χ1) is 8.97. The molecule has 4 nitrogen and oxygen atoms in total. The maximum Gasteiger partial charge on any atom is 0.341 e. The van der Waals surface area contributed by atoms with Crippen LogP contribution in [-0.2, 0) is 0 Å². The summed E-state index contributed by atoms with van der Waals surface area (Å²) in [6.07, 6.45) is 0. The number of aromatic nitrogens is 1. The highest BCUT2D eigenvalue weighted by Crippen LogP contribution is 2.29. The van der Waals surface area contributed by atoms with Gasteiger partial charge in [0, 0.05) is 4.47 Å². The minimum Gasteiger partial charge on any atom is -0.477 e. The average Bonchev–Trinajstić information content (AvgIpc) is 2.33. The number of rotatable bonds is 3. The lowest BCUT2D eigenvalue weighted by atomic mass is 10.2. The van der Waals surface area contributed by atoms with Crippen LogP contribution in [0.2, 0.25) is 5.15 Å². The number of halogens is 3. The van der Waals surface area contributed by atoms with Crippen molar-refractivity contribution in [1.82, 2.24) is 4.98 Å². The number of pyridine rings is 1. The number of carboxylic acids is 1. The molecule has 0 aliphatic carbocycles. The molecule has 1 aromatic carbocycles. The zero-order valence-electron chi connectivity index (χ0n) is 9.23. The zero-order valence-corrected chi connectivity index (χ0v) is 11.6. The lowest BCUT2D eigenvalue weighted by Gasteiger charge is -2.09. The van der Waals surface area contributed by atoms with Gasteiger partial charge in [-0.2, -0.15) is 0 Å². The van der Waals surface area contributed by atoms with Crippen LogP contribution in [0, 0.1) is 5.82 Å². The lowest BCUT2D eigenvalue weighted by Crippen LogP contribution is -2.02. The molecule has 0 amide bonds. The molecular formula is C12H6BrClFNO3. The summed E-state index contributed by atoms with van der Waals surface area (Å²) in [4.78, 5) is 14.7. The van der Waals surface area contributed by atoms with Crippen molar-refractivity contribution in [2.24, 2.45) is 0 Å². The molecule has 0 aliphatic rings. The molecule has 2 aromatic rings.